The van der Waals surface area contributed by atoms with E-state index in [1.165, 1.54) is 11.8 Å². The topological polar surface area (TPSA) is 73.2 Å². The second kappa shape index (κ2) is 9.11. The first-order valence-corrected chi connectivity index (χ1v) is 11.5. The molecule has 1 fully saturated rings. The summed E-state index contributed by atoms with van der Waals surface area (Å²) < 4.78 is 7.39. The number of fused-ring (bicyclic) bond motifs is 1. The summed E-state index contributed by atoms with van der Waals surface area (Å²) in [6, 6.07) is 11.3. The Morgan fingerprint density at radius 2 is 2.24 bits per heavy atom. The molecule has 3 heterocycles. The summed E-state index contributed by atoms with van der Waals surface area (Å²) >= 11 is 2.91. The summed E-state index contributed by atoms with van der Waals surface area (Å²) in [4.78, 5) is 31.3. The fraction of sp³-hybridized carbons (Fsp3) is 0.381. The van der Waals surface area contributed by atoms with Crippen molar-refractivity contribution in [3.05, 3.63) is 57.0 Å². The van der Waals surface area contributed by atoms with E-state index in [4.69, 9.17) is 4.74 Å². The van der Waals surface area contributed by atoms with E-state index in [0.717, 1.165) is 24.3 Å². The number of para-hydroxylation sites is 1. The molecule has 1 aliphatic rings. The maximum Gasteiger partial charge on any atom is 0.262 e. The van der Waals surface area contributed by atoms with Crippen LogP contribution in [0.2, 0.25) is 0 Å². The largest absolute Gasteiger partial charge is 0.376 e. The minimum absolute atomic E-state index is 0.0164. The van der Waals surface area contributed by atoms with Crippen LogP contribution in [0, 0.1) is 0 Å². The van der Waals surface area contributed by atoms with Crippen molar-refractivity contribution in [1.29, 1.82) is 0 Å². The van der Waals surface area contributed by atoms with Gasteiger partial charge in [0.25, 0.3) is 5.56 Å². The molecule has 1 saturated heterocycles. The van der Waals surface area contributed by atoms with Crippen molar-refractivity contribution in [2.45, 2.75) is 43.6 Å². The molecule has 2 aromatic heterocycles. The summed E-state index contributed by atoms with van der Waals surface area (Å²) in [7, 11) is 0. The Balaban J connectivity index is 1.53. The zero-order valence-corrected chi connectivity index (χ0v) is 17.8. The minimum Gasteiger partial charge on any atom is -0.376 e. The van der Waals surface area contributed by atoms with Crippen LogP contribution in [0.1, 0.15) is 30.7 Å². The average molecular weight is 430 g/mol. The molecule has 0 aliphatic carbocycles. The molecule has 1 aromatic carbocycles. The molecule has 29 heavy (non-hydrogen) atoms. The average Bonchev–Trinajstić information content (AvgIpc) is 3.43. The fourth-order valence-electron chi connectivity index (χ4n) is 3.43. The van der Waals surface area contributed by atoms with E-state index >= 15 is 0 Å². The normalized spacial score (nSPS) is 17.5. The lowest BCUT2D eigenvalue weighted by molar-refractivity contribution is -0.119. The van der Waals surface area contributed by atoms with Gasteiger partial charge >= 0.3 is 0 Å². The molecule has 3 aromatic rings. The van der Waals surface area contributed by atoms with Crippen molar-refractivity contribution in [1.82, 2.24) is 14.9 Å². The van der Waals surface area contributed by atoms with Gasteiger partial charge in [-0.2, -0.15) is 0 Å². The number of nitrogens with one attached hydrogen (secondary N) is 1. The standard InChI is InChI=1S/C21H23N3O3S2/c1-14(18-9-5-11-28-18)22-19(25)13-29-21-23-17-8-3-2-7-16(17)20(26)24(21)12-15-6-4-10-27-15/h2-3,5,7-9,11,14-15H,4,6,10,12-13H2,1H3,(H,22,25). The highest BCUT2D eigenvalue weighted by molar-refractivity contribution is 7.99. The first-order valence-electron chi connectivity index (χ1n) is 9.68. The highest BCUT2D eigenvalue weighted by Gasteiger charge is 2.21. The highest BCUT2D eigenvalue weighted by atomic mass is 32.2. The van der Waals surface area contributed by atoms with Crippen LogP contribution in [0.25, 0.3) is 10.9 Å². The van der Waals surface area contributed by atoms with Gasteiger partial charge in [-0.25, -0.2) is 4.98 Å². The summed E-state index contributed by atoms with van der Waals surface area (Å²) in [6.45, 7) is 3.16. The lowest BCUT2D eigenvalue weighted by atomic mass is 10.2. The molecule has 0 radical (unpaired) electrons. The van der Waals surface area contributed by atoms with Crippen molar-refractivity contribution in [2.24, 2.45) is 0 Å². The lowest BCUT2D eigenvalue weighted by Gasteiger charge is -2.17. The molecule has 6 nitrogen and oxygen atoms in total. The molecule has 8 heteroatoms. The number of carbonyl (C=O) groups is 1. The Labute approximate surface area is 177 Å². The van der Waals surface area contributed by atoms with E-state index in [9.17, 15) is 9.59 Å². The van der Waals surface area contributed by atoms with Gasteiger partial charge in [-0.15, -0.1) is 11.3 Å². The van der Waals surface area contributed by atoms with Crippen LogP contribution in [-0.2, 0) is 16.1 Å². The number of aromatic nitrogens is 2. The predicted octanol–water partition coefficient (Wildman–Crippen LogP) is 3.61. The third-order valence-corrected chi connectivity index (χ3v) is 6.95. The van der Waals surface area contributed by atoms with Crippen LogP contribution in [0.15, 0.2) is 51.7 Å². The maximum atomic E-state index is 13.1. The molecule has 0 bridgehead atoms. The minimum atomic E-state index is -0.0824. The molecule has 1 N–H and O–H groups in total. The van der Waals surface area contributed by atoms with Gasteiger partial charge in [0.1, 0.15) is 0 Å². The summed E-state index contributed by atoms with van der Waals surface area (Å²) in [6.07, 6.45) is 1.95. The summed E-state index contributed by atoms with van der Waals surface area (Å²) in [5.74, 6) is 0.119. The number of rotatable bonds is 7. The van der Waals surface area contributed by atoms with Crippen LogP contribution >= 0.6 is 23.1 Å². The number of hydrogen-bond acceptors (Lipinski definition) is 6. The van der Waals surface area contributed by atoms with Crippen LogP contribution in [-0.4, -0.2) is 33.9 Å². The monoisotopic (exact) mass is 429 g/mol. The van der Waals surface area contributed by atoms with Crippen LogP contribution in [0.3, 0.4) is 0 Å². The van der Waals surface area contributed by atoms with Crippen molar-refractivity contribution in [2.75, 3.05) is 12.4 Å². The van der Waals surface area contributed by atoms with E-state index in [0.29, 0.717) is 22.6 Å². The number of benzene rings is 1. The third kappa shape index (κ3) is 4.71. The van der Waals surface area contributed by atoms with Gasteiger partial charge in [0.05, 0.1) is 35.3 Å². The van der Waals surface area contributed by atoms with Crippen LogP contribution < -0.4 is 10.9 Å². The molecule has 0 spiro atoms. The van der Waals surface area contributed by atoms with Gasteiger partial charge in [0.15, 0.2) is 5.16 Å². The number of amides is 1. The number of thiophene rings is 1. The number of ether oxygens (including phenoxy) is 1. The molecule has 2 atom stereocenters. The molecule has 4 rings (SSSR count). The second-order valence-electron chi connectivity index (χ2n) is 7.06. The van der Waals surface area contributed by atoms with Gasteiger partial charge in [-0.3, -0.25) is 14.2 Å². The van der Waals surface area contributed by atoms with Gasteiger partial charge in [-0.1, -0.05) is 30.0 Å². The van der Waals surface area contributed by atoms with E-state index < -0.39 is 0 Å². The van der Waals surface area contributed by atoms with Crippen LogP contribution in [0.5, 0.6) is 0 Å². The highest BCUT2D eigenvalue weighted by Crippen LogP contribution is 2.22. The second-order valence-corrected chi connectivity index (χ2v) is 8.98. The van der Waals surface area contributed by atoms with Gasteiger partial charge in [-0.05, 0) is 43.3 Å². The van der Waals surface area contributed by atoms with Crippen molar-refractivity contribution >= 4 is 39.9 Å². The Morgan fingerprint density at radius 3 is 3.00 bits per heavy atom. The van der Waals surface area contributed by atoms with Crippen molar-refractivity contribution in [3.8, 4) is 0 Å². The molecule has 1 amide bonds. The van der Waals surface area contributed by atoms with Gasteiger partial charge in [0.2, 0.25) is 5.91 Å². The SMILES string of the molecule is CC(NC(=O)CSc1nc2ccccc2c(=O)n1CC1CCCO1)c1cccs1. The molecular formula is C21H23N3O3S2. The van der Waals surface area contributed by atoms with Gasteiger partial charge < -0.3 is 10.1 Å². The van der Waals surface area contributed by atoms with E-state index in [-0.39, 0.29) is 29.4 Å². The van der Waals surface area contributed by atoms with Crippen molar-refractivity contribution < 1.29 is 9.53 Å². The predicted molar refractivity (Wildman–Crippen MR) is 117 cm³/mol. The van der Waals surface area contributed by atoms with Crippen LogP contribution in [0.4, 0.5) is 0 Å². The van der Waals surface area contributed by atoms with E-state index in [1.54, 1.807) is 22.0 Å². The fourth-order valence-corrected chi connectivity index (χ4v) is 4.99. The van der Waals surface area contributed by atoms with E-state index in [1.807, 2.05) is 42.6 Å². The summed E-state index contributed by atoms with van der Waals surface area (Å²) in [5, 5.41) is 6.15. The van der Waals surface area contributed by atoms with Crippen molar-refractivity contribution in [3.63, 3.8) is 0 Å². The zero-order valence-electron chi connectivity index (χ0n) is 16.2. The number of nitrogens with zero attached hydrogens (tertiary/aromatic N) is 2. The molecule has 1 aliphatic heterocycles. The maximum absolute atomic E-state index is 13.1. The zero-order chi connectivity index (χ0) is 20.2. The quantitative estimate of drug-likeness (QED) is 0.459. The van der Waals surface area contributed by atoms with Gasteiger partial charge in [0, 0.05) is 11.5 Å². The first kappa shape index (κ1) is 20.1. The Morgan fingerprint density at radius 1 is 1.38 bits per heavy atom. The molecular weight excluding hydrogens is 406 g/mol. The first-order chi connectivity index (χ1) is 14.1. The molecule has 152 valence electrons. The molecule has 0 saturated carbocycles. The Hall–Kier alpha value is -2.16. The lowest BCUT2D eigenvalue weighted by Crippen LogP contribution is -2.30. The Kier molecular flexibility index (Phi) is 6.32. The Bertz CT molecular complexity index is 1040. The third-order valence-electron chi connectivity index (χ3n) is 4.92. The van der Waals surface area contributed by atoms with E-state index in [2.05, 4.69) is 10.3 Å². The number of carbonyl (C=O) groups excluding carboxylic acids is 1. The molecule has 2 unspecified atom stereocenters. The smallest absolute Gasteiger partial charge is 0.262 e. The summed E-state index contributed by atoms with van der Waals surface area (Å²) in [5.41, 5.74) is 0.567. The number of thioether (sulfide) groups is 1. The number of hydrogen-bond donors (Lipinski definition) is 1.